The zero-order valence-corrected chi connectivity index (χ0v) is 34.4. The number of likely N-dealkylation sites (N-methyl/N-ethyl adjacent to an activating group) is 1. The van der Waals surface area contributed by atoms with Crippen LogP contribution >= 0.6 is 0 Å². The van der Waals surface area contributed by atoms with Crippen LogP contribution < -0.4 is 31.9 Å². The highest BCUT2D eigenvalue weighted by atomic mass is 16.4. The number of Topliss-reactive ketones (excluding diaryl/α,β-unsaturated/α-hetero) is 1. The van der Waals surface area contributed by atoms with E-state index in [-0.39, 0.29) is 44.4 Å². The molecule has 5 amide bonds. The molecule has 3 rings (SSSR count). The number of aromatic amines is 3. The fraction of sp³-hybridized carbons (Fsp3) is 0.526. The molecular formula is C38H54N12O12. The number of imidazole rings is 3. The molecule has 0 aromatic carbocycles. The van der Waals surface area contributed by atoms with E-state index >= 15 is 0 Å². The van der Waals surface area contributed by atoms with E-state index in [0.717, 1.165) is 0 Å². The summed E-state index contributed by atoms with van der Waals surface area (Å²) in [6.07, 6.45) is 5.19. The number of nitrogens with one attached hydrogen (secondary N) is 9. The van der Waals surface area contributed by atoms with Gasteiger partial charge in [0.15, 0.2) is 5.78 Å². The highest BCUT2D eigenvalue weighted by Crippen LogP contribution is 2.11. The maximum absolute atomic E-state index is 14.0. The van der Waals surface area contributed by atoms with Gasteiger partial charge in [-0.25, -0.2) is 15.0 Å². The third-order valence-corrected chi connectivity index (χ3v) is 9.41. The number of H-pyrrole nitrogens is 3. The number of hydrogen-bond acceptors (Lipinski definition) is 13. The Morgan fingerprint density at radius 2 is 0.806 bits per heavy atom. The van der Waals surface area contributed by atoms with Crippen molar-refractivity contribution in [2.45, 2.75) is 115 Å². The molecule has 0 bridgehead atoms. The van der Waals surface area contributed by atoms with Crippen LogP contribution in [0.3, 0.4) is 0 Å². The molecular weight excluding hydrogens is 816 g/mol. The minimum absolute atomic E-state index is 0.0116. The van der Waals surface area contributed by atoms with Crippen LogP contribution in [0.25, 0.3) is 0 Å². The first-order valence-corrected chi connectivity index (χ1v) is 19.8. The largest absolute Gasteiger partial charge is 0.481 e. The predicted molar refractivity (Wildman–Crippen MR) is 214 cm³/mol. The smallest absolute Gasteiger partial charge is 0.303 e. The minimum Gasteiger partial charge on any atom is -0.481 e. The second-order valence-electron chi connectivity index (χ2n) is 14.6. The zero-order chi connectivity index (χ0) is 45.8. The molecule has 3 heterocycles. The van der Waals surface area contributed by atoms with Crippen molar-refractivity contribution in [2.24, 2.45) is 5.92 Å². The molecule has 0 spiro atoms. The van der Waals surface area contributed by atoms with Crippen molar-refractivity contribution in [3.63, 3.8) is 0 Å². The van der Waals surface area contributed by atoms with E-state index in [0.29, 0.717) is 17.1 Å². The Hall–Kier alpha value is -6.98. The average molecular weight is 871 g/mol. The minimum atomic E-state index is -1.62. The van der Waals surface area contributed by atoms with Crippen molar-refractivity contribution in [1.82, 2.24) is 61.8 Å². The Morgan fingerprint density at radius 3 is 1.13 bits per heavy atom. The van der Waals surface area contributed by atoms with Gasteiger partial charge in [-0.15, -0.1) is 0 Å². The van der Waals surface area contributed by atoms with E-state index in [9.17, 15) is 58.5 Å². The van der Waals surface area contributed by atoms with E-state index in [1.807, 2.05) is 0 Å². The molecule has 62 heavy (non-hydrogen) atoms. The van der Waals surface area contributed by atoms with Crippen molar-refractivity contribution in [2.75, 3.05) is 6.54 Å². The van der Waals surface area contributed by atoms with Crippen LogP contribution in [0.15, 0.2) is 37.6 Å². The Bertz CT molecular complexity index is 1950. The summed E-state index contributed by atoms with van der Waals surface area (Å²) in [5.41, 5.74) is 1.23. The predicted octanol–water partition coefficient (Wildman–Crippen LogP) is -1.89. The molecule has 0 saturated carbocycles. The molecule has 0 aliphatic heterocycles. The number of aliphatic carboxylic acids is 3. The topological polar surface area (TPSA) is 373 Å². The van der Waals surface area contributed by atoms with Gasteiger partial charge in [-0.05, 0) is 25.8 Å². The second-order valence-corrected chi connectivity index (χ2v) is 14.6. The second kappa shape index (κ2) is 24.9. The lowest BCUT2D eigenvalue weighted by Crippen LogP contribution is -2.60. The molecule has 0 aliphatic rings. The number of carbonyl (C=O) groups excluding carboxylic acids is 6. The molecule has 0 radical (unpaired) electrons. The van der Waals surface area contributed by atoms with Gasteiger partial charge in [0.25, 0.3) is 0 Å². The molecule has 3 aromatic rings. The third kappa shape index (κ3) is 16.9. The van der Waals surface area contributed by atoms with E-state index in [4.69, 9.17) is 0 Å². The summed E-state index contributed by atoms with van der Waals surface area (Å²) in [7, 11) is 0. The first kappa shape index (κ1) is 49.4. The number of carboxylic acid groups (broad SMARTS) is 3. The Labute approximate surface area is 355 Å². The maximum atomic E-state index is 14.0. The highest BCUT2D eigenvalue weighted by molar-refractivity contribution is 5.97. The van der Waals surface area contributed by atoms with Gasteiger partial charge in [-0.3, -0.25) is 43.2 Å². The summed E-state index contributed by atoms with van der Waals surface area (Å²) in [6, 6.07) is -8.19. The van der Waals surface area contributed by atoms with Gasteiger partial charge in [-0.2, -0.15) is 0 Å². The number of carboxylic acids is 3. The highest BCUT2D eigenvalue weighted by Gasteiger charge is 2.34. The van der Waals surface area contributed by atoms with Crippen LogP contribution in [-0.2, 0) is 62.4 Å². The van der Waals surface area contributed by atoms with Gasteiger partial charge >= 0.3 is 17.9 Å². The summed E-state index contributed by atoms with van der Waals surface area (Å²) >= 11 is 0. The van der Waals surface area contributed by atoms with Crippen molar-refractivity contribution in [3.8, 4) is 0 Å². The van der Waals surface area contributed by atoms with Crippen molar-refractivity contribution in [1.29, 1.82) is 0 Å². The standard InChI is InChI=1S/C38H54N12O12/c1-4-42-24(5-8-30(51)52)34(58)49-28(12-22-15-40-18-44-22)37(61)47-26(7-10-32(55)56)36(60)50-29(13-23-16-41-19-45-23)38(62)46-25(6-9-31(53)54)35(59)48-27(33(57)20(2)3)11-21-14-39-17-43-21/h14-20,24-29,42H,4-13H2,1-3H3,(H,39,43)(H,40,44)(H,41,45)(H,46,62)(H,47,61)(H,48,59)(H,49,58)(H,50,60)(H,51,52)(H,53,54)(H,55,56). The summed E-state index contributed by atoms with van der Waals surface area (Å²) in [4.78, 5) is 137. The first-order valence-electron chi connectivity index (χ1n) is 19.8. The van der Waals surface area contributed by atoms with Gasteiger partial charge in [0.05, 0.1) is 31.1 Å². The molecule has 3 aromatic heterocycles. The normalized spacial score (nSPS) is 14.0. The molecule has 0 aliphatic carbocycles. The van der Waals surface area contributed by atoms with Gasteiger partial charge in [0.1, 0.15) is 24.2 Å². The lowest BCUT2D eigenvalue weighted by Gasteiger charge is -2.27. The Morgan fingerprint density at radius 1 is 0.500 bits per heavy atom. The number of rotatable bonds is 29. The number of nitrogens with zero attached hydrogens (tertiary/aromatic N) is 3. The summed E-state index contributed by atoms with van der Waals surface area (Å²) in [6.45, 7) is 5.25. The van der Waals surface area contributed by atoms with Gasteiger partial charge in [-0.1, -0.05) is 20.8 Å². The van der Waals surface area contributed by atoms with E-state index in [1.165, 1.54) is 37.6 Å². The molecule has 0 saturated heterocycles. The fourth-order valence-electron chi connectivity index (χ4n) is 6.17. The van der Waals surface area contributed by atoms with Crippen molar-refractivity contribution < 1.29 is 58.5 Å². The van der Waals surface area contributed by atoms with E-state index in [1.54, 1.807) is 20.8 Å². The number of ketones is 1. The molecule has 338 valence electrons. The molecule has 6 unspecified atom stereocenters. The zero-order valence-electron chi connectivity index (χ0n) is 34.4. The van der Waals surface area contributed by atoms with Crippen LogP contribution in [0, 0.1) is 5.92 Å². The van der Waals surface area contributed by atoms with Crippen LogP contribution in [-0.4, -0.2) is 141 Å². The van der Waals surface area contributed by atoms with Crippen LogP contribution in [0.5, 0.6) is 0 Å². The summed E-state index contributed by atoms with van der Waals surface area (Å²) < 4.78 is 0. The van der Waals surface area contributed by atoms with Gasteiger partial charge in [0, 0.05) is 80.1 Å². The van der Waals surface area contributed by atoms with Crippen LogP contribution in [0.4, 0.5) is 0 Å². The van der Waals surface area contributed by atoms with Crippen molar-refractivity contribution >= 4 is 53.2 Å². The van der Waals surface area contributed by atoms with Gasteiger partial charge < -0.3 is 62.2 Å². The van der Waals surface area contributed by atoms with E-state index < -0.39 is 115 Å². The summed E-state index contributed by atoms with van der Waals surface area (Å²) in [5.74, 6) is -9.20. The summed E-state index contributed by atoms with van der Waals surface area (Å²) in [5, 5.41) is 43.6. The first-order chi connectivity index (χ1) is 29.5. The SMILES string of the molecule is CCNC(CCC(=O)O)C(=O)NC(Cc1cnc[nH]1)C(=O)NC(CCC(=O)O)C(=O)NC(Cc1cnc[nH]1)C(=O)NC(CCC(=O)O)C(=O)NC(Cc1cnc[nH]1)C(=O)C(C)C. The number of carbonyl (C=O) groups is 9. The molecule has 24 nitrogen and oxygen atoms in total. The van der Waals surface area contributed by atoms with E-state index in [2.05, 4.69) is 61.8 Å². The molecule has 24 heteroatoms. The number of hydrogen-bond donors (Lipinski definition) is 12. The van der Waals surface area contributed by atoms with Crippen molar-refractivity contribution in [3.05, 3.63) is 54.7 Å². The third-order valence-electron chi connectivity index (χ3n) is 9.41. The van der Waals surface area contributed by atoms with Crippen LogP contribution in [0.1, 0.15) is 76.4 Å². The Kier molecular flexibility index (Phi) is 19.9. The van der Waals surface area contributed by atoms with Gasteiger partial charge in [0.2, 0.25) is 29.5 Å². The molecule has 12 N–H and O–H groups in total. The lowest BCUT2D eigenvalue weighted by atomic mass is 9.97. The number of aromatic nitrogens is 6. The molecule has 0 fully saturated rings. The lowest BCUT2D eigenvalue weighted by molar-refractivity contribution is -0.139. The maximum Gasteiger partial charge on any atom is 0.303 e. The quantitative estimate of drug-likeness (QED) is 0.0363. The molecule has 6 atom stereocenters. The fourth-order valence-corrected chi connectivity index (χ4v) is 6.17. The monoisotopic (exact) mass is 870 g/mol. The Balaban J connectivity index is 1.90. The van der Waals surface area contributed by atoms with Crippen LogP contribution in [0.2, 0.25) is 0 Å². The average Bonchev–Trinajstić information content (AvgIpc) is 4.04. The number of amides is 5.